The molecule has 1 aromatic carbocycles. The molecule has 0 aliphatic heterocycles. The number of nitrogens with two attached hydrogens (primary N) is 1. The Morgan fingerprint density at radius 2 is 2.12 bits per heavy atom. The fourth-order valence-electron chi connectivity index (χ4n) is 1.40. The second kappa shape index (κ2) is 5.66. The lowest BCUT2D eigenvalue weighted by Crippen LogP contribution is -2.34. The highest BCUT2D eigenvalue weighted by molar-refractivity contribution is 5.94. The van der Waals surface area contributed by atoms with E-state index < -0.39 is 6.04 Å². The lowest BCUT2D eigenvalue weighted by atomic mass is 10.0. The van der Waals surface area contributed by atoms with Crippen molar-refractivity contribution in [2.24, 2.45) is 5.73 Å². The highest BCUT2D eigenvalue weighted by atomic mass is 16.2. The zero-order valence-electron chi connectivity index (χ0n) is 10.2. The van der Waals surface area contributed by atoms with E-state index in [4.69, 9.17) is 5.73 Å². The molecule has 0 saturated heterocycles. The van der Waals surface area contributed by atoms with Gasteiger partial charge in [0.15, 0.2) is 0 Å². The molecule has 0 fully saturated rings. The van der Waals surface area contributed by atoms with Crippen LogP contribution in [0.15, 0.2) is 24.3 Å². The van der Waals surface area contributed by atoms with Crippen LogP contribution in [0.2, 0.25) is 0 Å². The number of hydrogen-bond acceptors (Lipinski definition) is 2. The van der Waals surface area contributed by atoms with Crippen LogP contribution >= 0.6 is 0 Å². The molecule has 0 heterocycles. The van der Waals surface area contributed by atoms with Crippen LogP contribution in [0.3, 0.4) is 0 Å². The van der Waals surface area contributed by atoms with Crippen molar-refractivity contribution in [3.05, 3.63) is 29.8 Å². The Balaban J connectivity index is 2.74. The number of carbonyl (C=O) groups is 1. The monoisotopic (exact) mass is 220 g/mol. The largest absolute Gasteiger partial charge is 0.325 e. The van der Waals surface area contributed by atoms with Gasteiger partial charge in [-0.1, -0.05) is 32.9 Å². The van der Waals surface area contributed by atoms with Crippen molar-refractivity contribution in [2.75, 3.05) is 5.32 Å². The average molecular weight is 220 g/mol. The second-order valence-corrected chi connectivity index (χ2v) is 4.28. The summed E-state index contributed by atoms with van der Waals surface area (Å²) in [6, 6.07) is 7.45. The smallest absolute Gasteiger partial charge is 0.241 e. The van der Waals surface area contributed by atoms with E-state index in [-0.39, 0.29) is 5.91 Å². The van der Waals surface area contributed by atoms with Gasteiger partial charge in [0.25, 0.3) is 0 Å². The van der Waals surface area contributed by atoms with Gasteiger partial charge in [-0.3, -0.25) is 4.79 Å². The van der Waals surface area contributed by atoms with Crippen molar-refractivity contribution in [1.29, 1.82) is 0 Å². The quantitative estimate of drug-likeness (QED) is 0.819. The maximum absolute atomic E-state index is 11.6. The van der Waals surface area contributed by atoms with Gasteiger partial charge in [-0.25, -0.2) is 0 Å². The van der Waals surface area contributed by atoms with E-state index in [9.17, 15) is 4.79 Å². The van der Waals surface area contributed by atoms with Crippen LogP contribution in [-0.2, 0) is 4.79 Å². The first-order valence-electron chi connectivity index (χ1n) is 5.71. The van der Waals surface area contributed by atoms with Gasteiger partial charge in [0, 0.05) is 5.69 Å². The van der Waals surface area contributed by atoms with Gasteiger partial charge in [-0.05, 0) is 30.0 Å². The predicted molar refractivity (Wildman–Crippen MR) is 67.4 cm³/mol. The van der Waals surface area contributed by atoms with Crippen LogP contribution in [0.4, 0.5) is 5.69 Å². The molecule has 0 aromatic heterocycles. The fraction of sp³-hybridized carbons (Fsp3) is 0.462. The van der Waals surface area contributed by atoms with E-state index in [0.717, 1.165) is 5.69 Å². The Morgan fingerprint density at radius 1 is 1.44 bits per heavy atom. The highest BCUT2D eigenvalue weighted by Gasteiger charge is 2.11. The van der Waals surface area contributed by atoms with E-state index >= 15 is 0 Å². The van der Waals surface area contributed by atoms with Gasteiger partial charge < -0.3 is 11.1 Å². The number of carbonyl (C=O) groups excluding carboxylic acids is 1. The summed E-state index contributed by atoms with van der Waals surface area (Å²) in [4.78, 5) is 11.6. The van der Waals surface area contributed by atoms with Crippen molar-refractivity contribution in [3.8, 4) is 0 Å². The SMILES string of the molecule is CC[C@@H](N)C(=O)Nc1cccc(C(C)C)c1. The molecular formula is C13H20N2O. The first-order chi connectivity index (χ1) is 7.54. The third kappa shape index (κ3) is 3.35. The average Bonchev–Trinajstić information content (AvgIpc) is 2.28. The summed E-state index contributed by atoms with van der Waals surface area (Å²) < 4.78 is 0. The van der Waals surface area contributed by atoms with Crippen LogP contribution in [0.1, 0.15) is 38.7 Å². The summed E-state index contributed by atoms with van der Waals surface area (Å²) in [6.45, 7) is 6.15. The summed E-state index contributed by atoms with van der Waals surface area (Å²) >= 11 is 0. The molecule has 1 amide bonds. The Kier molecular flexibility index (Phi) is 4.50. The summed E-state index contributed by atoms with van der Waals surface area (Å²) in [5.41, 5.74) is 7.68. The van der Waals surface area contributed by atoms with E-state index in [1.165, 1.54) is 5.56 Å². The normalized spacial score (nSPS) is 12.6. The van der Waals surface area contributed by atoms with Crippen LogP contribution in [-0.4, -0.2) is 11.9 Å². The van der Waals surface area contributed by atoms with Gasteiger partial charge in [0.05, 0.1) is 6.04 Å². The van der Waals surface area contributed by atoms with Crippen LogP contribution in [0.5, 0.6) is 0 Å². The summed E-state index contributed by atoms with van der Waals surface area (Å²) in [5.74, 6) is 0.333. The Hall–Kier alpha value is -1.35. The molecule has 3 heteroatoms. The third-order valence-electron chi connectivity index (χ3n) is 2.60. The van der Waals surface area contributed by atoms with E-state index in [2.05, 4.69) is 25.2 Å². The molecule has 16 heavy (non-hydrogen) atoms. The fourth-order valence-corrected chi connectivity index (χ4v) is 1.40. The van der Waals surface area contributed by atoms with Crippen molar-refractivity contribution in [2.45, 2.75) is 39.2 Å². The molecular weight excluding hydrogens is 200 g/mol. The molecule has 88 valence electrons. The number of anilines is 1. The number of nitrogens with one attached hydrogen (secondary N) is 1. The summed E-state index contributed by atoms with van der Waals surface area (Å²) in [5, 5.41) is 2.82. The van der Waals surface area contributed by atoms with Gasteiger partial charge >= 0.3 is 0 Å². The van der Waals surface area contributed by atoms with Crippen molar-refractivity contribution in [1.82, 2.24) is 0 Å². The Labute approximate surface area is 97.0 Å². The first-order valence-corrected chi connectivity index (χ1v) is 5.71. The predicted octanol–water partition coefficient (Wildman–Crippen LogP) is 2.49. The molecule has 0 unspecified atom stereocenters. The first kappa shape index (κ1) is 12.7. The maximum Gasteiger partial charge on any atom is 0.241 e. The number of rotatable bonds is 4. The van der Waals surface area contributed by atoms with Gasteiger partial charge in [0.2, 0.25) is 5.91 Å². The second-order valence-electron chi connectivity index (χ2n) is 4.28. The molecule has 0 saturated carbocycles. The van der Waals surface area contributed by atoms with Crippen LogP contribution in [0, 0.1) is 0 Å². The minimum atomic E-state index is -0.428. The maximum atomic E-state index is 11.6. The van der Waals surface area contributed by atoms with Crippen molar-refractivity contribution in [3.63, 3.8) is 0 Å². The van der Waals surface area contributed by atoms with Crippen molar-refractivity contribution >= 4 is 11.6 Å². The lowest BCUT2D eigenvalue weighted by Gasteiger charge is -2.12. The molecule has 3 N–H and O–H groups in total. The van der Waals surface area contributed by atoms with E-state index in [0.29, 0.717) is 12.3 Å². The molecule has 0 spiro atoms. The van der Waals surface area contributed by atoms with E-state index in [1.807, 2.05) is 25.1 Å². The van der Waals surface area contributed by atoms with Crippen LogP contribution in [0.25, 0.3) is 0 Å². The summed E-state index contributed by atoms with van der Waals surface area (Å²) in [7, 11) is 0. The zero-order chi connectivity index (χ0) is 12.1. The summed E-state index contributed by atoms with van der Waals surface area (Å²) in [6.07, 6.45) is 0.649. The number of amides is 1. The van der Waals surface area contributed by atoms with E-state index in [1.54, 1.807) is 0 Å². The lowest BCUT2D eigenvalue weighted by molar-refractivity contribution is -0.117. The molecule has 0 bridgehead atoms. The molecule has 0 radical (unpaired) electrons. The third-order valence-corrected chi connectivity index (χ3v) is 2.60. The minimum absolute atomic E-state index is 0.122. The molecule has 1 rings (SSSR count). The highest BCUT2D eigenvalue weighted by Crippen LogP contribution is 2.18. The van der Waals surface area contributed by atoms with Gasteiger partial charge in [-0.2, -0.15) is 0 Å². The standard InChI is InChI=1S/C13H20N2O/c1-4-12(14)13(16)15-11-7-5-6-10(8-11)9(2)3/h5-9,12H,4,14H2,1-3H3,(H,15,16)/t12-/m1/s1. The Bertz CT molecular complexity index is 361. The molecule has 1 atom stereocenters. The zero-order valence-corrected chi connectivity index (χ0v) is 10.2. The van der Waals surface area contributed by atoms with Gasteiger partial charge in [0.1, 0.15) is 0 Å². The number of hydrogen-bond donors (Lipinski definition) is 2. The number of benzene rings is 1. The topological polar surface area (TPSA) is 55.1 Å². The van der Waals surface area contributed by atoms with Crippen LogP contribution < -0.4 is 11.1 Å². The van der Waals surface area contributed by atoms with Crippen molar-refractivity contribution < 1.29 is 4.79 Å². The molecule has 1 aromatic rings. The van der Waals surface area contributed by atoms with Gasteiger partial charge in [-0.15, -0.1) is 0 Å². The molecule has 0 aliphatic carbocycles. The molecule has 3 nitrogen and oxygen atoms in total. The molecule has 0 aliphatic rings. The Morgan fingerprint density at radius 3 is 2.69 bits per heavy atom. The minimum Gasteiger partial charge on any atom is -0.325 e.